The second-order valence-corrected chi connectivity index (χ2v) is 10.2. The summed E-state index contributed by atoms with van der Waals surface area (Å²) in [6.45, 7) is 11.4. The third-order valence-electron chi connectivity index (χ3n) is 6.36. The first-order valence-corrected chi connectivity index (χ1v) is 13.0. The van der Waals surface area contributed by atoms with Crippen LogP contribution in [0.4, 0.5) is 17.3 Å². The van der Waals surface area contributed by atoms with Crippen molar-refractivity contribution in [1.29, 1.82) is 0 Å². The lowest BCUT2D eigenvalue weighted by Gasteiger charge is -2.24. The Hall–Kier alpha value is -3.46. The molecule has 0 saturated carbocycles. The minimum atomic E-state index is 0.0444. The van der Waals surface area contributed by atoms with Crippen molar-refractivity contribution in [1.82, 2.24) is 14.5 Å². The first-order chi connectivity index (χ1) is 17.8. The standard InChI is InChI=1S/C28H40N6O3/c1-19(2)11-15-33(16-12-20(3)4)27(35)21-7-9-23-25(17-21)34(14-6-13-29)28(30-23)31-24-10-8-22(32-36)18-26(24)37-5/h7-10,17-20H,6,11-16,29H2,1-5H3,(H,30,31). The molecule has 0 fully saturated rings. The van der Waals surface area contributed by atoms with Gasteiger partial charge in [0.05, 0.1) is 23.8 Å². The van der Waals surface area contributed by atoms with Crippen LogP contribution in [0.5, 0.6) is 5.75 Å². The Labute approximate surface area is 219 Å². The number of hydrogen-bond donors (Lipinski definition) is 2. The predicted molar refractivity (Wildman–Crippen MR) is 150 cm³/mol. The van der Waals surface area contributed by atoms with Crippen molar-refractivity contribution in [2.24, 2.45) is 22.7 Å². The van der Waals surface area contributed by atoms with Crippen LogP contribution in [0.15, 0.2) is 41.6 Å². The second kappa shape index (κ2) is 13.2. The number of benzene rings is 2. The number of aromatic nitrogens is 2. The van der Waals surface area contributed by atoms with Gasteiger partial charge in [-0.1, -0.05) is 27.7 Å². The highest BCUT2D eigenvalue weighted by molar-refractivity contribution is 5.98. The molecule has 1 aromatic heterocycles. The van der Waals surface area contributed by atoms with E-state index in [1.807, 2.05) is 27.7 Å². The number of nitrogens with two attached hydrogens (primary N) is 1. The lowest BCUT2D eigenvalue weighted by Crippen LogP contribution is -2.34. The van der Waals surface area contributed by atoms with E-state index in [9.17, 15) is 9.70 Å². The quantitative estimate of drug-likeness (QED) is 0.255. The van der Waals surface area contributed by atoms with Crippen molar-refractivity contribution in [3.8, 4) is 5.75 Å². The van der Waals surface area contributed by atoms with E-state index in [1.165, 1.54) is 7.11 Å². The monoisotopic (exact) mass is 508 g/mol. The molecule has 0 spiro atoms. The average molecular weight is 509 g/mol. The fraction of sp³-hybridized carbons (Fsp3) is 0.500. The number of imidazole rings is 1. The van der Waals surface area contributed by atoms with Gasteiger partial charge in [-0.3, -0.25) is 4.79 Å². The molecule has 0 aliphatic heterocycles. The summed E-state index contributed by atoms with van der Waals surface area (Å²) >= 11 is 0. The number of hydrogen-bond acceptors (Lipinski definition) is 7. The summed E-state index contributed by atoms with van der Waals surface area (Å²) in [7, 11) is 1.54. The van der Waals surface area contributed by atoms with Gasteiger partial charge in [-0.15, -0.1) is 4.91 Å². The van der Waals surface area contributed by atoms with E-state index in [4.69, 9.17) is 15.5 Å². The van der Waals surface area contributed by atoms with Gasteiger partial charge >= 0.3 is 0 Å². The van der Waals surface area contributed by atoms with Gasteiger partial charge in [0.25, 0.3) is 5.91 Å². The highest BCUT2D eigenvalue weighted by atomic mass is 16.5. The molecule has 1 amide bonds. The molecule has 0 radical (unpaired) electrons. The molecule has 3 aromatic rings. The fourth-order valence-electron chi connectivity index (χ4n) is 4.11. The van der Waals surface area contributed by atoms with Gasteiger partial charge in [0.2, 0.25) is 5.95 Å². The first-order valence-electron chi connectivity index (χ1n) is 13.0. The Morgan fingerprint density at radius 1 is 1.11 bits per heavy atom. The van der Waals surface area contributed by atoms with Crippen LogP contribution in [0.3, 0.4) is 0 Å². The minimum absolute atomic E-state index is 0.0444. The number of fused-ring (bicyclic) bond motifs is 1. The zero-order valence-electron chi connectivity index (χ0n) is 22.7. The van der Waals surface area contributed by atoms with Crippen LogP contribution in [-0.4, -0.2) is 47.1 Å². The van der Waals surface area contributed by atoms with Crippen molar-refractivity contribution in [3.63, 3.8) is 0 Å². The number of carbonyl (C=O) groups is 1. The van der Waals surface area contributed by atoms with Gasteiger partial charge in [-0.05, 0) is 73.2 Å². The lowest BCUT2D eigenvalue weighted by atomic mass is 10.1. The number of rotatable bonds is 14. The summed E-state index contributed by atoms with van der Waals surface area (Å²) in [5, 5.41) is 6.30. The zero-order valence-corrected chi connectivity index (χ0v) is 22.7. The van der Waals surface area contributed by atoms with Crippen LogP contribution in [-0.2, 0) is 6.54 Å². The molecule has 9 nitrogen and oxygen atoms in total. The fourth-order valence-corrected chi connectivity index (χ4v) is 4.11. The number of methoxy groups -OCH3 is 1. The van der Waals surface area contributed by atoms with Gasteiger partial charge in [0.1, 0.15) is 11.4 Å². The van der Waals surface area contributed by atoms with E-state index in [1.54, 1.807) is 18.2 Å². The number of amides is 1. The van der Waals surface area contributed by atoms with E-state index < -0.39 is 0 Å². The number of nitrogens with one attached hydrogen (secondary N) is 1. The number of nitrogens with zero attached hydrogens (tertiary/aromatic N) is 4. The summed E-state index contributed by atoms with van der Waals surface area (Å²) in [5.41, 5.74) is 9.05. The van der Waals surface area contributed by atoms with E-state index in [0.29, 0.717) is 47.9 Å². The Balaban J connectivity index is 1.98. The van der Waals surface area contributed by atoms with Crippen LogP contribution in [0.25, 0.3) is 11.0 Å². The zero-order chi connectivity index (χ0) is 26.9. The van der Waals surface area contributed by atoms with E-state index in [-0.39, 0.29) is 11.6 Å². The molecule has 1 heterocycles. The number of aryl methyl sites for hydroxylation is 1. The second-order valence-electron chi connectivity index (χ2n) is 10.2. The van der Waals surface area contributed by atoms with Crippen molar-refractivity contribution in [2.45, 2.75) is 53.5 Å². The molecule has 0 atom stereocenters. The maximum Gasteiger partial charge on any atom is 0.253 e. The summed E-state index contributed by atoms with van der Waals surface area (Å²) in [6, 6.07) is 10.6. The van der Waals surface area contributed by atoms with Crippen LogP contribution in [0.1, 0.15) is 57.3 Å². The van der Waals surface area contributed by atoms with Crippen LogP contribution in [0.2, 0.25) is 0 Å². The Morgan fingerprint density at radius 3 is 2.41 bits per heavy atom. The topological polar surface area (TPSA) is 115 Å². The maximum atomic E-state index is 13.6. The van der Waals surface area contributed by atoms with Crippen molar-refractivity contribution >= 4 is 34.3 Å². The van der Waals surface area contributed by atoms with Crippen molar-refractivity contribution in [2.75, 3.05) is 32.1 Å². The van der Waals surface area contributed by atoms with Crippen LogP contribution < -0.4 is 15.8 Å². The SMILES string of the molecule is COc1cc(N=O)ccc1Nc1nc2ccc(C(=O)N(CCC(C)C)CCC(C)C)cc2n1CCCN. The molecule has 0 aliphatic rings. The maximum absolute atomic E-state index is 13.6. The first kappa shape index (κ1) is 28.1. The lowest BCUT2D eigenvalue weighted by molar-refractivity contribution is 0.0741. The molecule has 3 N–H and O–H groups in total. The van der Waals surface area contributed by atoms with E-state index in [0.717, 1.165) is 43.4 Å². The molecular formula is C28H40N6O3. The average Bonchev–Trinajstić information content (AvgIpc) is 3.22. The van der Waals surface area contributed by atoms with Gasteiger partial charge in [-0.2, -0.15) is 0 Å². The molecule has 0 unspecified atom stereocenters. The normalized spacial score (nSPS) is 11.4. The molecule has 3 rings (SSSR count). The molecule has 0 bridgehead atoms. The van der Waals surface area contributed by atoms with Crippen molar-refractivity contribution in [3.05, 3.63) is 46.9 Å². The van der Waals surface area contributed by atoms with Gasteiger partial charge < -0.3 is 25.3 Å². The number of anilines is 2. The summed E-state index contributed by atoms with van der Waals surface area (Å²) in [5.74, 6) is 2.18. The van der Waals surface area contributed by atoms with Crippen molar-refractivity contribution < 1.29 is 9.53 Å². The third-order valence-corrected chi connectivity index (χ3v) is 6.36. The Kier molecular flexibility index (Phi) is 10.0. The van der Waals surface area contributed by atoms with Gasteiger partial charge in [-0.25, -0.2) is 4.98 Å². The van der Waals surface area contributed by atoms with Gasteiger partial charge in [0, 0.05) is 31.3 Å². The molecule has 2 aromatic carbocycles. The molecule has 200 valence electrons. The largest absolute Gasteiger partial charge is 0.494 e. The Morgan fingerprint density at radius 2 is 1.81 bits per heavy atom. The van der Waals surface area contributed by atoms with Crippen LogP contribution in [0, 0.1) is 16.7 Å². The molecule has 0 aliphatic carbocycles. The Bertz CT molecular complexity index is 1190. The molecule has 0 saturated heterocycles. The highest BCUT2D eigenvalue weighted by Crippen LogP contribution is 2.33. The summed E-state index contributed by atoms with van der Waals surface area (Å²) in [4.78, 5) is 31.3. The number of ether oxygens (including phenoxy) is 1. The third kappa shape index (κ3) is 7.29. The molecular weight excluding hydrogens is 468 g/mol. The summed E-state index contributed by atoms with van der Waals surface area (Å²) < 4.78 is 7.48. The van der Waals surface area contributed by atoms with Gasteiger partial charge in [0.15, 0.2) is 0 Å². The number of carbonyl (C=O) groups excluding carboxylic acids is 1. The summed E-state index contributed by atoms with van der Waals surface area (Å²) in [6.07, 6.45) is 2.68. The molecule has 9 heteroatoms. The smallest absolute Gasteiger partial charge is 0.253 e. The van der Waals surface area contributed by atoms with E-state index in [2.05, 4.69) is 38.2 Å². The minimum Gasteiger partial charge on any atom is -0.494 e. The highest BCUT2D eigenvalue weighted by Gasteiger charge is 2.20. The van der Waals surface area contributed by atoms with E-state index >= 15 is 0 Å². The predicted octanol–water partition coefficient (Wildman–Crippen LogP) is 6.07. The van der Waals surface area contributed by atoms with Crippen LogP contribution >= 0.6 is 0 Å². The molecule has 37 heavy (non-hydrogen) atoms. The number of nitroso groups, excluding NO2 is 1.